The molecule has 1 aromatic carbocycles. The summed E-state index contributed by atoms with van der Waals surface area (Å²) in [5.41, 5.74) is -0.614. The molecule has 0 aliphatic heterocycles. The maximum absolute atomic E-state index is 11.2. The molecule has 1 unspecified atom stereocenters. The second-order valence-electron chi connectivity index (χ2n) is 5.17. The van der Waals surface area contributed by atoms with E-state index in [0.717, 1.165) is 0 Å². The van der Waals surface area contributed by atoms with E-state index in [-0.39, 0.29) is 0 Å². The summed E-state index contributed by atoms with van der Waals surface area (Å²) in [5, 5.41) is 11.1. The molecule has 0 heterocycles. The highest BCUT2D eigenvalue weighted by Crippen LogP contribution is 2.07. The minimum atomic E-state index is -1.04. The topological polar surface area (TPSA) is 75.6 Å². The van der Waals surface area contributed by atoms with Gasteiger partial charge in [-0.1, -0.05) is 59.0 Å². The van der Waals surface area contributed by atoms with E-state index in [2.05, 4.69) is 27.9 Å². The van der Waals surface area contributed by atoms with E-state index in [4.69, 9.17) is 9.84 Å². The molecule has 0 saturated heterocycles. The first-order valence-corrected chi connectivity index (χ1v) is 8.07. The number of nitrogens with one attached hydrogen (secondary N) is 1. The highest BCUT2D eigenvalue weighted by molar-refractivity contribution is 14.1. The number of hydrogen-bond acceptors (Lipinski definition) is 3. The fourth-order valence-corrected chi connectivity index (χ4v) is 1.82. The third-order valence-electron chi connectivity index (χ3n) is 2.05. The molecule has 6 heteroatoms. The summed E-state index contributed by atoms with van der Waals surface area (Å²) in [6, 6.07) is 11.1. The Kier molecular flexibility index (Phi) is 9.77. The summed E-state index contributed by atoms with van der Waals surface area (Å²) >= 11 is 2.06. The van der Waals surface area contributed by atoms with Crippen LogP contribution in [0.2, 0.25) is 0 Å². The van der Waals surface area contributed by atoms with Gasteiger partial charge in [0.2, 0.25) is 0 Å². The zero-order valence-corrected chi connectivity index (χ0v) is 14.7. The molecule has 0 radical (unpaired) electrons. The molecule has 0 saturated carbocycles. The quantitative estimate of drug-likeness (QED) is 0.592. The lowest BCUT2D eigenvalue weighted by Gasteiger charge is -2.21. The summed E-state index contributed by atoms with van der Waals surface area (Å²) in [6.07, 6.45) is -0.311. The van der Waals surface area contributed by atoms with Gasteiger partial charge in [-0.3, -0.25) is 0 Å². The zero-order chi connectivity index (χ0) is 16.3. The summed E-state index contributed by atoms with van der Waals surface area (Å²) in [4.78, 5) is 22.0. The van der Waals surface area contributed by atoms with Crippen molar-refractivity contribution in [3.63, 3.8) is 0 Å². The smallest absolute Gasteiger partial charge is 0.408 e. The molecule has 0 aliphatic rings. The van der Waals surface area contributed by atoms with Crippen molar-refractivity contribution >= 4 is 34.7 Å². The Hall–Kier alpha value is -1.31. The molecule has 118 valence electrons. The number of carbonyl (C=O) groups excluding carboxylic acids is 1. The van der Waals surface area contributed by atoms with Gasteiger partial charge in [0.25, 0.3) is 0 Å². The van der Waals surface area contributed by atoms with Crippen LogP contribution in [0.15, 0.2) is 36.4 Å². The molecule has 0 bridgehead atoms. The number of amides is 1. The van der Waals surface area contributed by atoms with Gasteiger partial charge < -0.3 is 15.2 Å². The SMILES string of the molecule is CC(C)(C)OC(=O)NC(CCI)C(=O)O.c1ccccc1. The van der Waals surface area contributed by atoms with Gasteiger partial charge in [0.05, 0.1) is 0 Å². The second-order valence-corrected chi connectivity index (χ2v) is 6.25. The minimum Gasteiger partial charge on any atom is -0.480 e. The normalized spacial score (nSPS) is 11.6. The maximum atomic E-state index is 11.2. The van der Waals surface area contributed by atoms with Crippen LogP contribution in [0.5, 0.6) is 0 Å². The number of halogens is 1. The van der Waals surface area contributed by atoms with Crippen molar-refractivity contribution in [1.29, 1.82) is 0 Å². The standard InChI is InChI=1S/C9H16INO4.C6H6/c1-9(2,3)15-8(14)11-6(4-5-10)7(12)13;1-2-4-6-5-3-1/h6H,4-5H2,1-3H3,(H,11,14)(H,12,13);1-6H. The van der Waals surface area contributed by atoms with Crippen molar-refractivity contribution in [2.75, 3.05) is 4.43 Å². The molecule has 1 atom stereocenters. The number of alkyl carbamates (subject to hydrolysis) is 1. The molecule has 21 heavy (non-hydrogen) atoms. The predicted octanol–water partition coefficient (Wildman–Crippen LogP) is 3.48. The van der Waals surface area contributed by atoms with Gasteiger partial charge in [-0.15, -0.1) is 0 Å². The molecule has 1 rings (SSSR count). The lowest BCUT2D eigenvalue weighted by atomic mass is 10.2. The van der Waals surface area contributed by atoms with Crippen LogP contribution in [0.25, 0.3) is 0 Å². The first-order chi connectivity index (χ1) is 9.76. The number of hydrogen-bond donors (Lipinski definition) is 2. The molecular weight excluding hydrogens is 385 g/mol. The van der Waals surface area contributed by atoms with Crippen LogP contribution in [-0.2, 0) is 9.53 Å². The number of rotatable bonds is 4. The molecule has 5 nitrogen and oxygen atoms in total. The Morgan fingerprint density at radius 1 is 1.14 bits per heavy atom. The van der Waals surface area contributed by atoms with Crippen molar-refractivity contribution in [1.82, 2.24) is 5.32 Å². The van der Waals surface area contributed by atoms with Gasteiger partial charge in [-0.25, -0.2) is 9.59 Å². The molecule has 0 spiro atoms. The van der Waals surface area contributed by atoms with Gasteiger partial charge in [0.15, 0.2) is 0 Å². The molecule has 0 aliphatic carbocycles. The Balaban J connectivity index is 0.000000547. The Bertz CT molecular complexity index is 391. The maximum Gasteiger partial charge on any atom is 0.408 e. The number of carbonyl (C=O) groups is 2. The van der Waals surface area contributed by atoms with Crippen molar-refractivity contribution < 1.29 is 19.4 Å². The van der Waals surface area contributed by atoms with E-state index in [1.54, 1.807) is 20.8 Å². The first kappa shape index (κ1) is 19.7. The Morgan fingerprint density at radius 2 is 1.57 bits per heavy atom. The van der Waals surface area contributed by atoms with Crippen molar-refractivity contribution in [3.8, 4) is 0 Å². The summed E-state index contributed by atoms with van der Waals surface area (Å²) < 4.78 is 5.61. The number of benzene rings is 1. The average Bonchev–Trinajstić information content (AvgIpc) is 2.38. The lowest BCUT2D eigenvalue weighted by Crippen LogP contribution is -2.43. The average molecular weight is 407 g/mol. The van der Waals surface area contributed by atoms with Gasteiger partial charge in [-0.05, 0) is 27.2 Å². The molecule has 1 amide bonds. The fraction of sp³-hybridized carbons (Fsp3) is 0.467. The number of aliphatic carboxylic acids is 1. The van der Waals surface area contributed by atoms with E-state index < -0.39 is 23.7 Å². The number of carboxylic acid groups (broad SMARTS) is 1. The molecule has 1 aromatic rings. The highest BCUT2D eigenvalue weighted by Gasteiger charge is 2.23. The fourth-order valence-electron chi connectivity index (χ4n) is 1.20. The van der Waals surface area contributed by atoms with E-state index >= 15 is 0 Å². The Labute approximate surface area is 139 Å². The summed E-state index contributed by atoms with van der Waals surface area (Å²) in [6.45, 7) is 5.17. The third kappa shape index (κ3) is 12.2. The molecular formula is C15H22INO4. The van der Waals surface area contributed by atoms with Crippen LogP contribution >= 0.6 is 22.6 Å². The summed E-state index contributed by atoms with van der Waals surface area (Å²) in [5.74, 6) is -1.04. The predicted molar refractivity (Wildman–Crippen MR) is 90.7 cm³/mol. The lowest BCUT2D eigenvalue weighted by molar-refractivity contribution is -0.139. The van der Waals surface area contributed by atoms with Crippen LogP contribution in [0, 0.1) is 0 Å². The largest absolute Gasteiger partial charge is 0.480 e. The van der Waals surface area contributed by atoms with E-state index in [1.165, 1.54) is 0 Å². The highest BCUT2D eigenvalue weighted by atomic mass is 127. The molecule has 0 fully saturated rings. The van der Waals surface area contributed by atoms with Crippen LogP contribution in [0.3, 0.4) is 0 Å². The van der Waals surface area contributed by atoms with Crippen LogP contribution in [0.1, 0.15) is 27.2 Å². The van der Waals surface area contributed by atoms with Gasteiger partial charge >= 0.3 is 12.1 Å². The van der Waals surface area contributed by atoms with Crippen molar-refractivity contribution in [3.05, 3.63) is 36.4 Å². The van der Waals surface area contributed by atoms with Crippen LogP contribution in [-0.4, -0.2) is 33.2 Å². The Morgan fingerprint density at radius 3 is 1.86 bits per heavy atom. The van der Waals surface area contributed by atoms with Gasteiger partial charge in [0.1, 0.15) is 11.6 Å². The number of carboxylic acids is 1. The van der Waals surface area contributed by atoms with Gasteiger partial charge in [-0.2, -0.15) is 0 Å². The third-order valence-corrected chi connectivity index (χ3v) is 2.68. The van der Waals surface area contributed by atoms with Crippen LogP contribution in [0.4, 0.5) is 4.79 Å². The molecule has 0 aromatic heterocycles. The van der Waals surface area contributed by atoms with Crippen LogP contribution < -0.4 is 5.32 Å². The molecule has 2 N–H and O–H groups in total. The number of ether oxygens (including phenoxy) is 1. The minimum absolute atomic E-state index is 0.384. The monoisotopic (exact) mass is 407 g/mol. The zero-order valence-electron chi connectivity index (χ0n) is 12.5. The van der Waals surface area contributed by atoms with Crippen molar-refractivity contribution in [2.24, 2.45) is 0 Å². The second kappa shape index (κ2) is 10.4. The van der Waals surface area contributed by atoms with E-state index in [1.807, 2.05) is 36.4 Å². The first-order valence-electron chi connectivity index (χ1n) is 6.54. The van der Waals surface area contributed by atoms with Crippen molar-refractivity contribution in [2.45, 2.75) is 38.8 Å². The van der Waals surface area contributed by atoms with E-state index in [9.17, 15) is 9.59 Å². The summed E-state index contributed by atoms with van der Waals surface area (Å²) in [7, 11) is 0. The number of alkyl halides is 1. The van der Waals surface area contributed by atoms with Gasteiger partial charge in [0, 0.05) is 4.43 Å². The van der Waals surface area contributed by atoms with E-state index in [0.29, 0.717) is 10.8 Å².